The number of hydrogen-bond donors (Lipinski definition) is 1. The summed E-state index contributed by atoms with van der Waals surface area (Å²) in [6.45, 7) is 1.97. The van der Waals surface area contributed by atoms with E-state index in [9.17, 15) is 9.59 Å². The molecule has 6 heteroatoms. The van der Waals surface area contributed by atoms with Gasteiger partial charge in [-0.05, 0) is 61.5 Å². The Labute approximate surface area is 152 Å². The first-order valence-electron chi connectivity index (χ1n) is 8.20. The zero-order valence-corrected chi connectivity index (χ0v) is 14.9. The molecule has 26 heavy (non-hydrogen) atoms. The van der Waals surface area contributed by atoms with Gasteiger partial charge < -0.3 is 10.2 Å². The molecule has 0 radical (unpaired) electrons. The third kappa shape index (κ3) is 3.64. The molecule has 2 aromatic carbocycles. The maximum atomic E-state index is 12.4. The zero-order chi connectivity index (χ0) is 18.7. The van der Waals surface area contributed by atoms with Crippen LogP contribution >= 0.6 is 0 Å². The summed E-state index contributed by atoms with van der Waals surface area (Å²) >= 11 is 0. The Kier molecular flexibility index (Phi) is 4.84. The Hall–Kier alpha value is -3.41. The second kappa shape index (κ2) is 7.23. The molecule has 0 unspecified atom stereocenters. The molecule has 6 nitrogen and oxygen atoms in total. The van der Waals surface area contributed by atoms with Gasteiger partial charge in [0.1, 0.15) is 0 Å². The van der Waals surface area contributed by atoms with E-state index in [0.29, 0.717) is 16.8 Å². The number of carbonyl (C=O) groups excluding carboxylic acids is 2. The molecule has 0 saturated heterocycles. The minimum Gasteiger partial charge on any atom is -0.345 e. The number of rotatable bonds is 4. The number of anilines is 1. The lowest BCUT2D eigenvalue weighted by Gasteiger charge is -2.11. The van der Waals surface area contributed by atoms with Crippen LogP contribution in [0.15, 0.2) is 60.8 Å². The maximum Gasteiger partial charge on any atom is 0.255 e. The number of hydrogen-bond acceptors (Lipinski definition) is 3. The summed E-state index contributed by atoms with van der Waals surface area (Å²) in [5.41, 5.74) is 3.68. The minimum atomic E-state index is -0.208. The van der Waals surface area contributed by atoms with Gasteiger partial charge in [0.05, 0.1) is 5.69 Å². The Balaban J connectivity index is 1.70. The van der Waals surface area contributed by atoms with Crippen molar-refractivity contribution >= 4 is 17.5 Å². The highest BCUT2D eigenvalue weighted by atomic mass is 16.2. The van der Waals surface area contributed by atoms with Crippen LogP contribution in [0.4, 0.5) is 5.69 Å². The second-order valence-electron chi connectivity index (χ2n) is 6.16. The lowest BCUT2D eigenvalue weighted by Crippen LogP contribution is -2.21. The van der Waals surface area contributed by atoms with E-state index >= 15 is 0 Å². The molecule has 0 fully saturated rings. The van der Waals surface area contributed by atoms with Gasteiger partial charge in [0.25, 0.3) is 11.8 Å². The molecule has 0 aliphatic heterocycles. The van der Waals surface area contributed by atoms with Crippen molar-refractivity contribution in [2.24, 2.45) is 0 Å². The van der Waals surface area contributed by atoms with Crippen molar-refractivity contribution in [1.29, 1.82) is 0 Å². The maximum absolute atomic E-state index is 12.4. The van der Waals surface area contributed by atoms with E-state index < -0.39 is 0 Å². The van der Waals surface area contributed by atoms with Gasteiger partial charge in [0.2, 0.25) is 0 Å². The molecule has 0 spiro atoms. The fraction of sp³-hybridized carbons (Fsp3) is 0.150. The number of aryl methyl sites for hydroxylation is 1. The predicted molar refractivity (Wildman–Crippen MR) is 101 cm³/mol. The van der Waals surface area contributed by atoms with E-state index in [1.165, 1.54) is 4.90 Å². The molecule has 1 N–H and O–H groups in total. The monoisotopic (exact) mass is 348 g/mol. The molecule has 3 aromatic rings. The molecule has 0 atom stereocenters. The predicted octanol–water partition coefficient (Wildman–Crippen LogP) is 3.13. The average Bonchev–Trinajstić information content (AvgIpc) is 3.07. The summed E-state index contributed by atoms with van der Waals surface area (Å²) in [5.74, 6) is -0.284. The van der Waals surface area contributed by atoms with Gasteiger partial charge >= 0.3 is 0 Å². The summed E-state index contributed by atoms with van der Waals surface area (Å²) in [7, 11) is 3.40. The number of aromatic nitrogens is 2. The molecule has 132 valence electrons. The smallest absolute Gasteiger partial charge is 0.255 e. The van der Waals surface area contributed by atoms with Crippen molar-refractivity contribution in [2.45, 2.75) is 6.92 Å². The number of benzene rings is 2. The highest BCUT2D eigenvalue weighted by molar-refractivity contribution is 6.04. The standard InChI is InChI=1S/C20H20N4O2/c1-14-12-13-21-24(14)18-10-6-15(7-11-18)19(25)22-17-8-4-16(5-9-17)20(26)23(2)3/h4-13H,1-3H3,(H,22,25). The van der Waals surface area contributed by atoms with E-state index in [1.54, 1.807) is 56.7 Å². The number of nitrogens with zero attached hydrogens (tertiary/aromatic N) is 3. The molecule has 1 heterocycles. The van der Waals surface area contributed by atoms with Gasteiger partial charge in [-0.25, -0.2) is 4.68 Å². The lowest BCUT2D eigenvalue weighted by molar-refractivity contribution is 0.0827. The minimum absolute atomic E-state index is 0.0765. The van der Waals surface area contributed by atoms with E-state index in [-0.39, 0.29) is 11.8 Å². The molecule has 2 amide bonds. The van der Waals surface area contributed by atoms with Crippen LogP contribution in [0.25, 0.3) is 5.69 Å². The summed E-state index contributed by atoms with van der Waals surface area (Å²) in [6.07, 6.45) is 1.74. The van der Waals surface area contributed by atoms with Gasteiger partial charge in [-0.3, -0.25) is 9.59 Å². The van der Waals surface area contributed by atoms with Crippen molar-refractivity contribution in [3.05, 3.63) is 77.6 Å². The Bertz CT molecular complexity index is 925. The van der Waals surface area contributed by atoms with Crippen LogP contribution in [0.5, 0.6) is 0 Å². The van der Waals surface area contributed by atoms with Crippen molar-refractivity contribution < 1.29 is 9.59 Å². The molecular weight excluding hydrogens is 328 g/mol. The van der Waals surface area contributed by atoms with Crippen molar-refractivity contribution in [1.82, 2.24) is 14.7 Å². The Morgan fingerprint density at radius 3 is 2.08 bits per heavy atom. The summed E-state index contributed by atoms with van der Waals surface area (Å²) in [5, 5.41) is 7.08. The average molecular weight is 348 g/mol. The van der Waals surface area contributed by atoms with Crippen molar-refractivity contribution in [2.75, 3.05) is 19.4 Å². The first kappa shape index (κ1) is 17.4. The van der Waals surface area contributed by atoms with E-state index in [0.717, 1.165) is 11.4 Å². The number of carbonyl (C=O) groups is 2. The molecule has 0 aliphatic rings. The molecule has 0 aliphatic carbocycles. The SMILES string of the molecule is Cc1ccnn1-c1ccc(C(=O)Nc2ccc(C(=O)N(C)C)cc2)cc1. The fourth-order valence-corrected chi connectivity index (χ4v) is 2.55. The third-order valence-corrected chi connectivity index (χ3v) is 4.00. The van der Waals surface area contributed by atoms with Crippen LogP contribution < -0.4 is 5.32 Å². The Morgan fingerprint density at radius 1 is 0.923 bits per heavy atom. The van der Waals surface area contributed by atoms with Crippen LogP contribution in [0.1, 0.15) is 26.4 Å². The lowest BCUT2D eigenvalue weighted by atomic mass is 10.1. The van der Waals surface area contributed by atoms with Gasteiger partial charge in [-0.15, -0.1) is 0 Å². The fourth-order valence-electron chi connectivity index (χ4n) is 2.55. The second-order valence-corrected chi connectivity index (χ2v) is 6.16. The molecular formula is C20H20N4O2. The highest BCUT2D eigenvalue weighted by Crippen LogP contribution is 2.15. The topological polar surface area (TPSA) is 67.2 Å². The molecule has 1 aromatic heterocycles. The first-order valence-corrected chi connectivity index (χ1v) is 8.20. The van der Waals surface area contributed by atoms with Crippen molar-refractivity contribution in [3.8, 4) is 5.69 Å². The molecule has 3 rings (SSSR count). The zero-order valence-electron chi connectivity index (χ0n) is 14.9. The largest absolute Gasteiger partial charge is 0.345 e. The van der Waals surface area contributed by atoms with E-state index in [2.05, 4.69) is 10.4 Å². The number of amides is 2. The van der Waals surface area contributed by atoms with Crippen LogP contribution in [0.2, 0.25) is 0 Å². The van der Waals surface area contributed by atoms with Gasteiger partial charge in [0.15, 0.2) is 0 Å². The van der Waals surface area contributed by atoms with Crippen molar-refractivity contribution in [3.63, 3.8) is 0 Å². The summed E-state index contributed by atoms with van der Waals surface area (Å²) < 4.78 is 1.81. The van der Waals surface area contributed by atoms with Crippen LogP contribution in [0.3, 0.4) is 0 Å². The summed E-state index contributed by atoms with van der Waals surface area (Å²) in [6, 6.07) is 16.0. The van der Waals surface area contributed by atoms with E-state index in [1.807, 2.05) is 29.8 Å². The Morgan fingerprint density at radius 2 is 1.54 bits per heavy atom. The van der Waals surface area contributed by atoms with Crippen LogP contribution in [-0.2, 0) is 0 Å². The number of nitrogens with one attached hydrogen (secondary N) is 1. The normalized spacial score (nSPS) is 10.4. The first-order chi connectivity index (χ1) is 12.5. The molecule has 0 saturated carbocycles. The van der Waals surface area contributed by atoms with Crippen LogP contribution in [-0.4, -0.2) is 40.6 Å². The third-order valence-electron chi connectivity index (χ3n) is 4.00. The highest BCUT2D eigenvalue weighted by Gasteiger charge is 2.10. The quantitative estimate of drug-likeness (QED) is 0.788. The van der Waals surface area contributed by atoms with Gasteiger partial charge in [-0.1, -0.05) is 0 Å². The molecule has 0 bridgehead atoms. The van der Waals surface area contributed by atoms with Gasteiger partial charge in [-0.2, -0.15) is 5.10 Å². The van der Waals surface area contributed by atoms with Crippen LogP contribution in [0, 0.1) is 6.92 Å². The van der Waals surface area contributed by atoms with Gasteiger partial charge in [0, 0.05) is 42.8 Å². The summed E-state index contributed by atoms with van der Waals surface area (Å²) in [4.78, 5) is 25.8. The van der Waals surface area contributed by atoms with E-state index in [4.69, 9.17) is 0 Å².